The SMILES string of the molecule is CCOC(=O)C=CC=CC[C@H](C=O)c1ccc(N(C)C)cc1. The van der Waals surface area contributed by atoms with Crippen molar-refractivity contribution in [3.05, 3.63) is 54.1 Å². The lowest BCUT2D eigenvalue weighted by Gasteiger charge is -2.14. The monoisotopic (exact) mass is 301 g/mol. The maximum absolute atomic E-state index is 11.2. The largest absolute Gasteiger partial charge is 0.463 e. The molecule has 0 unspecified atom stereocenters. The normalized spacial score (nSPS) is 12.5. The predicted octanol–water partition coefficient (Wildman–Crippen LogP) is 3.10. The third-order valence-electron chi connectivity index (χ3n) is 3.16. The average Bonchev–Trinajstić information content (AvgIpc) is 2.51. The molecule has 1 aromatic rings. The summed E-state index contributed by atoms with van der Waals surface area (Å²) in [6.07, 6.45) is 8.15. The molecule has 0 heterocycles. The maximum Gasteiger partial charge on any atom is 0.330 e. The zero-order valence-corrected chi connectivity index (χ0v) is 13.4. The van der Waals surface area contributed by atoms with Gasteiger partial charge in [-0.3, -0.25) is 0 Å². The lowest BCUT2D eigenvalue weighted by atomic mass is 9.97. The second kappa shape index (κ2) is 9.55. The molecule has 4 heteroatoms. The Kier molecular flexibility index (Phi) is 7.68. The van der Waals surface area contributed by atoms with Gasteiger partial charge in [-0.2, -0.15) is 0 Å². The van der Waals surface area contributed by atoms with Crippen LogP contribution in [0.15, 0.2) is 48.6 Å². The molecule has 0 N–H and O–H groups in total. The Bertz CT molecular complexity index is 530. The van der Waals surface area contributed by atoms with Crippen LogP contribution in [0.4, 0.5) is 5.69 Å². The molecule has 0 radical (unpaired) electrons. The van der Waals surface area contributed by atoms with Gasteiger partial charge in [0.25, 0.3) is 0 Å². The number of anilines is 1. The fourth-order valence-corrected chi connectivity index (χ4v) is 1.92. The second-order valence-corrected chi connectivity index (χ2v) is 5.00. The molecular formula is C18H23NO3. The molecule has 0 saturated carbocycles. The van der Waals surface area contributed by atoms with Crippen LogP contribution in [0, 0.1) is 0 Å². The average molecular weight is 301 g/mol. The van der Waals surface area contributed by atoms with E-state index in [-0.39, 0.29) is 11.9 Å². The molecule has 118 valence electrons. The molecule has 0 aromatic heterocycles. The number of aldehydes is 1. The highest BCUT2D eigenvalue weighted by Gasteiger charge is 2.08. The van der Waals surface area contributed by atoms with E-state index in [4.69, 9.17) is 4.74 Å². The van der Waals surface area contributed by atoms with Crippen LogP contribution in [-0.2, 0) is 14.3 Å². The van der Waals surface area contributed by atoms with Crippen LogP contribution in [0.25, 0.3) is 0 Å². The minimum Gasteiger partial charge on any atom is -0.463 e. The number of allylic oxidation sites excluding steroid dienone is 3. The summed E-state index contributed by atoms with van der Waals surface area (Å²) in [6.45, 7) is 2.13. The summed E-state index contributed by atoms with van der Waals surface area (Å²) in [7, 11) is 3.95. The summed E-state index contributed by atoms with van der Waals surface area (Å²) in [5.74, 6) is -0.540. The van der Waals surface area contributed by atoms with E-state index in [0.717, 1.165) is 17.5 Å². The Morgan fingerprint density at radius 1 is 1.23 bits per heavy atom. The first-order valence-electron chi connectivity index (χ1n) is 7.31. The van der Waals surface area contributed by atoms with Gasteiger partial charge in [0.05, 0.1) is 6.61 Å². The fourth-order valence-electron chi connectivity index (χ4n) is 1.92. The summed E-state index contributed by atoms with van der Waals surface area (Å²) in [6, 6.07) is 7.93. The maximum atomic E-state index is 11.2. The first-order chi connectivity index (χ1) is 10.6. The summed E-state index contributed by atoms with van der Waals surface area (Å²) >= 11 is 0. The van der Waals surface area contributed by atoms with Gasteiger partial charge in [-0.1, -0.05) is 30.4 Å². The molecule has 0 fully saturated rings. The van der Waals surface area contributed by atoms with Crippen molar-refractivity contribution in [2.24, 2.45) is 0 Å². The minimum absolute atomic E-state index is 0.177. The van der Waals surface area contributed by atoms with E-state index in [2.05, 4.69) is 0 Å². The van der Waals surface area contributed by atoms with Crippen LogP contribution in [0.1, 0.15) is 24.8 Å². The van der Waals surface area contributed by atoms with Crippen molar-refractivity contribution in [2.75, 3.05) is 25.6 Å². The van der Waals surface area contributed by atoms with Crippen LogP contribution in [-0.4, -0.2) is 33.0 Å². The van der Waals surface area contributed by atoms with Gasteiger partial charge in [-0.05, 0) is 31.0 Å². The predicted molar refractivity (Wildman–Crippen MR) is 89.1 cm³/mol. The van der Waals surface area contributed by atoms with Crippen molar-refractivity contribution in [3.8, 4) is 0 Å². The summed E-state index contributed by atoms with van der Waals surface area (Å²) in [4.78, 5) is 24.4. The van der Waals surface area contributed by atoms with E-state index < -0.39 is 0 Å². The Hall–Kier alpha value is -2.36. The van der Waals surface area contributed by atoms with Crippen molar-refractivity contribution in [3.63, 3.8) is 0 Å². The third kappa shape index (κ3) is 5.95. The highest BCUT2D eigenvalue weighted by Crippen LogP contribution is 2.21. The topological polar surface area (TPSA) is 46.6 Å². The van der Waals surface area contributed by atoms with Crippen LogP contribution in [0.2, 0.25) is 0 Å². The molecular weight excluding hydrogens is 278 g/mol. The number of esters is 1. The lowest BCUT2D eigenvalue weighted by Crippen LogP contribution is -2.08. The number of rotatable bonds is 8. The van der Waals surface area contributed by atoms with Crippen LogP contribution in [0.5, 0.6) is 0 Å². The van der Waals surface area contributed by atoms with Gasteiger partial charge in [0.15, 0.2) is 0 Å². The van der Waals surface area contributed by atoms with Crippen LogP contribution < -0.4 is 4.90 Å². The van der Waals surface area contributed by atoms with E-state index in [1.807, 2.05) is 49.3 Å². The molecule has 22 heavy (non-hydrogen) atoms. The number of carbonyl (C=O) groups is 2. The number of benzene rings is 1. The second-order valence-electron chi connectivity index (χ2n) is 5.00. The third-order valence-corrected chi connectivity index (χ3v) is 3.16. The molecule has 0 bridgehead atoms. The molecule has 0 saturated heterocycles. The first-order valence-corrected chi connectivity index (χ1v) is 7.31. The van der Waals surface area contributed by atoms with Crippen LogP contribution >= 0.6 is 0 Å². The van der Waals surface area contributed by atoms with Crippen LogP contribution in [0.3, 0.4) is 0 Å². The van der Waals surface area contributed by atoms with Gasteiger partial charge < -0.3 is 14.4 Å². The highest BCUT2D eigenvalue weighted by molar-refractivity contribution is 5.82. The van der Waals surface area contributed by atoms with E-state index in [1.54, 1.807) is 19.1 Å². The summed E-state index contributed by atoms with van der Waals surface area (Å²) in [5.41, 5.74) is 2.08. The number of ether oxygens (including phenoxy) is 1. The van der Waals surface area contributed by atoms with Crippen molar-refractivity contribution >= 4 is 17.9 Å². The minimum atomic E-state index is -0.363. The van der Waals surface area contributed by atoms with Gasteiger partial charge in [0, 0.05) is 31.8 Å². The first kappa shape index (κ1) is 17.7. The molecule has 1 aromatic carbocycles. The lowest BCUT2D eigenvalue weighted by molar-refractivity contribution is -0.137. The summed E-state index contributed by atoms with van der Waals surface area (Å²) < 4.78 is 4.77. The van der Waals surface area contributed by atoms with Crippen molar-refractivity contribution in [1.29, 1.82) is 0 Å². The smallest absolute Gasteiger partial charge is 0.330 e. The van der Waals surface area contributed by atoms with Gasteiger partial charge in [0.1, 0.15) is 6.29 Å². The van der Waals surface area contributed by atoms with Gasteiger partial charge in [-0.25, -0.2) is 4.79 Å². The van der Waals surface area contributed by atoms with E-state index in [1.165, 1.54) is 6.08 Å². The molecule has 0 aliphatic carbocycles. The fraction of sp³-hybridized carbons (Fsp3) is 0.333. The number of nitrogens with zero attached hydrogens (tertiary/aromatic N) is 1. The Balaban J connectivity index is 2.58. The van der Waals surface area contributed by atoms with E-state index >= 15 is 0 Å². The molecule has 0 spiro atoms. The zero-order chi connectivity index (χ0) is 16.4. The number of hydrogen-bond donors (Lipinski definition) is 0. The Morgan fingerprint density at radius 2 is 1.91 bits per heavy atom. The van der Waals surface area contributed by atoms with Gasteiger partial charge in [-0.15, -0.1) is 0 Å². The summed E-state index contributed by atoms with van der Waals surface area (Å²) in [5, 5.41) is 0. The zero-order valence-electron chi connectivity index (χ0n) is 13.4. The van der Waals surface area contributed by atoms with E-state index in [0.29, 0.717) is 13.0 Å². The highest BCUT2D eigenvalue weighted by atomic mass is 16.5. The molecule has 4 nitrogen and oxygen atoms in total. The Labute approximate surface area is 132 Å². The molecule has 0 aliphatic heterocycles. The van der Waals surface area contributed by atoms with Crippen molar-refractivity contribution in [1.82, 2.24) is 0 Å². The standard InChI is InChI=1S/C18H23NO3/c1-4-22-18(21)9-7-5-6-8-16(14-20)15-10-12-17(13-11-15)19(2)3/h5-7,9-14,16H,4,8H2,1-3H3/t16-/m1/s1. The number of hydrogen-bond acceptors (Lipinski definition) is 4. The van der Waals surface area contributed by atoms with Gasteiger partial charge in [0.2, 0.25) is 0 Å². The molecule has 1 rings (SSSR count). The molecule has 0 aliphatic rings. The van der Waals surface area contributed by atoms with Crippen molar-refractivity contribution < 1.29 is 14.3 Å². The quantitative estimate of drug-likeness (QED) is 0.320. The molecule has 1 atom stereocenters. The van der Waals surface area contributed by atoms with Crippen molar-refractivity contribution in [2.45, 2.75) is 19.3 Å². The van der Waals surface area contributed by atoms with Gasteiger partial charge >= 0.3 is 5.97 Å². The molecule has 0 amide bonds. The van der Waals surface area contributed by atoms with E-state index in [9.17, 15) is 9.59 Å². The number of carbonyl (C=O) groups excluding carboxylic acids is 2. The Morgan fingerprint density at radius 3 is 2.45 bits per heavy atom.